The van der Waals surface area contributed by atoms with Gasteiger partial charge in [-0.1, -0.05) is 51.9 Å². The molecule has 2 N–H and O–H groups in total. The molecule has 0 rings (SSSR count). The van der Waals surface area contributed by atoms with E-state index in [1.165, 1.54) is 32.1 Å². The third-order valence-electron chi connectivity index (χ3n) is 3.59. The van der Waals surface area contributed by atoms with Crippen molar-refractivity contribution >= 4 is 7.85 Å². The van der Waals surface area contributed by atoms with Gasteiger partial charge in [-0.05, 0) is 20.3 Å². The largest absolute Gasteiger partial charge is 0.396 e. The van der Waals surface area contributed by atoms with Crippen LogP contribution in [-0.4, -0.2) is 29.2 Å². The topological polar surface area (TPSA) is 40.5 Å². The van der Waals surface area contributed by atoms with Crippen molar-refractivity contribution < 1.29 is 10.2 Å². The van der Waals surface area contributed by atoms with E-state index in [9.17, 15) is 10.2 Å². The Hall–Kier alpha value is -0.0151. The Kier molecular flexibility index (Phi) is 7.33. The van der Waals surface area contributed by atoms with Crippen LogP contribution < -0.4 is 0 Å². The molecule has 0 aliphatic heterocycles. The van der Waals surface area contributed by atoms with Gasteiger partial charge in [0.25, 0.3) is 0 Å². The first kappa shape index (κ1) is 16.0. The molecule has 16 heavy (non-hydrogen) atoms. The van der Waals surface area contributed by atoms with Gasteiger partial charge < -0.3 is 10.2 Å². The molecule has 2 unspecified atom stereocenters. The third-order valence-corrected chi connectivity index (χ3v) is 3.59. The van der Waals surface area contributed by atoms with E-state index in [2.05, 4.69) is 6.92 Å². The zero-order valence-electron chi connectivity index (χ0n) is 11.6. The Morgan fingerprint density at radius 3 is 1.75 bits per heavy atom. The number of unbranched alkanes of at least 4 members (excludes halogenated alkanes) is 6. The predicted octanol–water partition coefficient (Wildman–Crippen LogP) is 2.22. The van der Waals surface area contributed by atoms with E-state index in [1.807, 2.05) is 0 Å². The standard InChI is InChI=1S/C13H29BO2/c1-4-5-6-7-8-9-10-11-12(2,15)13(3,14)16/h15-16H,4-11,14H2,1-3H3. The van der Waals surface area contributed by atoms with Gasteiger partial charge in [0, 0.05) is 0 Å². The minimum absolute atomic E-state index is 0.685. The molecule has 0 aromatic carbocycles. The summed E-state index contributed by atoms with van der Waals surface area (Å²) in [5.74, 6) is 0. The molecule has 0 aliphatic carbocycles. The number of hydrogen-bond donors (Lipinski definition) is 2. The molecule has 0 heterocycles. The zero-order valence-corrected chi connectivity index (χ0v) is 11.6. The Bertz CT molecular complexity index is 173. The van der Waals surface area contributed by atoms with Crippen molar-refractivity contribution in [1.82, 2.24) is 0 Å². The molecule has 0 aromatic heterocycles. The summed E-state index contributed by atoms with van der Waals surface area (Å²) in [4.78, 5) is 0. The van der Waals surface area contributed by atoms with Crippen LogP contribution in [0.25, 0.3) is 0 Å². The lowest BCUT2D eigenvalue weighted by Crippen LogP contribution is -2.50. The van der Waals surface area contributed by atoms with Gasteiger partial charge in [0.05, 0.1) is 11.1 Å². The van der Waals surface area contributed by atoms with Gasteiger partial charge in [0.2, 0.25) is 0 Å². The number of aliphatic hydroxyl groups is 2. The van der Waals surface area contributed by atoms with E-state index in [4.69, 9.17) is 0 Å². The second-order valence-corrected chi connectivity index (χ2v) is 5.70. The molecule has 0 fully saturated rings. The highest BCUT2D eigenvalue weighted by atomic mass is 16.3. The monoisotopic (exact) mass is 228 g/mol. The lowest BCUT2D eigenvalue weighted by atomic mass is 9.68. The Balaban J connectivity index is 3.51. The summed E-state index contributed by atoms with van der Waals surface area (Å²) in [5, 5.41) is 19.8. The molecule has 2 atom stereocenters. The summed E-state index contributed by atoms with van der Waals surface area (Å²) >= 11 is 0. The van der Waals surface area contributed by atoms with Crippen molar-refractivity contribution in [3.63, 3.8) is 0 Å². The second-order valence-electron chi connectivity index (χ2n) is 5.70. The van der Waals surface area contributed by atoms with Crippen LogP contribution in [0.4, 0.5) is 0 Å². The zero-order chi connectivity index (χ0) is 12.7. The molecular weight excluding hydrogens is 199 g/mol. The highest BCUT2D eigenvalue weighted by Gasteiger charge is 2.36. The van der Waals surface area contributed by atoms with E-state index in [0.29, 0.717) is 6.42 Å². The van der Waals surface area contributed by atoms with Crippen LogP contribution in [-0.2, 0) is 0 Å². The van der Waals surface area contributed by atoms with Gasteiger partial charge in [-0.2, -0.15) is 0 Å². The average Bonchev–Trinajstić information content (AvgIpc) is 2.14. The second kappa shape index (κ2) is 7.34. The van der Waals surface area contributed by atoms with Crippen molar-refractivity contribution in [2.75, 3.05) is 0 Å². The first-order valence-corrected chi connectivity index (χ1v) is 6.76. The smallest absolute Gasteiger partial charge is 0.146 e. The Morgan fingerprint density at radius 1 is 0.875 bits per heavy atom. The Morgan fingerprint density at radius 2 is 1.31 bits per heavy atom. The first-order valence-electron chi connectivity index (χ1n) is 6.76. The molecule has 0 radical (unpaired) electrons. The number of hydrogen-bond acceptors (Lipinski definition) is 2. The van der Waals surface area contributed by atoms with Crippen molar-refractivity contribution in [2.45, 2.75) is 83.2 Å². The van der Waals surface area contributed by atoms with Crippen LogP contribution in [0.15, 0.2) is 0 Å². The predicted molar refractivity (Wildman–Crippen MR) is 72.4 cm³/mol. The van der Waals surface area contributed by atoms with Crippen molar-refractivity contribution in [3.8, 4) is 0 Å². The molecule has 0 amide bonds. The van der Waals surface area contributed by atoms with E-state index in [1.54, 1.807) is 21.7 Å². The molecular formula is C13H29BO2. The van der Waals surface area contributed by atoms with Crippen LogP contribution in [0.5, 0.6) is 0 Å². The minimum Gasteiger partial charge on any atom is -0.396 e. The van der Waals surface area contributed by atoms with Crippen LogP contribution in [0.3, 0.4) is 0 Å². The molecule has 0 aliphatic rings. The van der Waals surface area contributed by atoms with Crippen molar-refractivity contribution in [3.05, 3.63) is 0 Å². The lowest BCUT2D eigenvalue weighted by molar-refractivity contribution is -0.0857. The van der Waals surface area contributed by atoms with Gasteiger partial charge in [-0.3, -0.25) is 0 Å². The van der Waals surface area contributed by atoms with Crippen LogP contribution in [0, 0.1) is 0 Å². The fraction of sp³-hybridized carbons (Fsp3) is 1.00. The maximum Gasteiger partial charge on any atom is 0.146 e. The van der Waals surface area contributed by atoms with Gasteiger partial charge in [0.1, 0.15) is 7.85 Å². The average molecular weight is 228 g/mol. The summed E-state index contributed by atoms with van der Waals surface area (Å²) in [6.45, 7) is 5.62. The lowest BCUT2D eigenvalue weighted by Gasteiger charge is -2.36. The molecule has 96 valence electrons. The minimum atomic E-state index is -1.00. The highest BCUT2D eigenvalue weighted by molar-refractivity contribution is 6.14. The summed E-state index contributed by atoms with van der Waals surface area (Å²) in [6.07, 6.45) is 9.36. The van der Waals surface area contributed by atoms with Crippen LogP contribution in [0.1, 0.15) is 72.1 Å². The van der Waals surface area contributed by atoms with E-state index >= 15 is 0 Å². The summed E-state index contributed by atoms with van der Waals surface area (Å²) in [6, 6.07) is 0. The summed E-state index contributed by atoms with van der Waals surface area (Å²) in [7, 11) is 1.67. The first-order chi connectivity index (χ1) is 7.31. The Labute approximate surface area is 102 Å². The normalized spacial score (nSPS) is 19.1. The van der Waals surface area contributed by atoms with Crippen LogP contribution >= 0.6 is 0 Å². The van der Waals surface area contributed by atoms with E-state index in [0.717, 1.165) is 12.8 Å². The molecule has 2 nitrogen and oxygen atoms in total. The number of rotatable bonds is 9. The summed E-state index contributed by atoms with van der Waals surface area (Å²) < 4.78 is 0. The maximum absolute atomic E-state index is 10.0. The van der Waals surface area contributed by atoms with Gasteiger partial charge in [-0.25, -0.2) is 0 Å². The maximum atomic E-state index is 10.0. The van der Waals surface area contributed by atoms with E-state index in [-0.39, 0.29) is 0 Å². The molecule has 0 saturated carbocycles. The van der Waals surface area contributed by atoms with Gasteiger partial charge in [0.15, 0.2) is 0 Å². The van der Waals surface area contributed by atoms with Crippen molar-refractivity contribution in [1.29, 1.82) is 0 Å². The molecule has 0 aromatic rings. The quantitative estimate of drug-likeness (QED) is 0.469. The van der Waals surface area contributed by atoms with Gasteiger partial charge >= 0.3 is 0 Å². The van der Waals surface area contributed by atoms with Crippen LogP contribution in [0.2, 0.25) is 0 Å². The molecule has 0 saturated heterocycles. The fourth-order valence-corrected chi connectivity index (χ4v) is 1.73. The molecule has 0 bridgehead atoms. The molecule has 0 spiro atoms. The third kappa shape index (κ3) is 6.54. The summed E-state index contributed by atoms with van der Waals surface area (Å²) in [5.41, 5.74) is -1.97. The molecule has 3 heteroatoms. The van der Waals surface area contributed by atoms with Gasteiger partial charge in [-0.15, -0.1) is 0 Å². The highest BCUT2D eigenvalue weighted by Crippen LogP contribution is 2.25. The van der Waals surface area contributed by atoms with E-state index < -0.39 is 11.1 Å². The van der Waals surface area contributed by atoms with Crippen molar-refractivity contribution in [2.24, 2.45) is 0 Å². The SMILES string of the molecule is BC(C)(O)C(C)(O)CCCCCCCCC. The fourth-order valence-electron chi connectivity index (χ4n) is 1.73.